The highest BCUT2D eigenvalue weighted by Crippen LogP contribution is 2.27. The molecule has 0 spiro atoms. The van der Waals surface area contributed by atoms with E-state index in [0.29, 0.717) is 24.6 Å². The van der Waals surface area contributed by atoms with Gasteiger partial charge in [-0.3, -0.25) is 4.79 Å². The van der Waals surface area contributed by atoms with E-state index in [1.807, 2.05) is 19.1 Å². The Bertz CT molecular complexity index is 484. The molecule has 1 N–H and O–H groups in total. The summed E-state index contributed by atoms with van der Waals surface area (Å²) in [4.78, 5) is 11.8. The van der Waals surface area contributed by atoms with Gasteiger partial charge in [0.15, 0.2) is 0 Å². The van der Waals surface area contributed by atoms with Crippen molar-refractivity contribution in [2.24, 2.45) is 0 Å². The Morgan fingerprint density at radius 2 is 2.35 bits per heavy atom. The predicted molar refractivity (Wildman–Crippen MR) is 78.4 cm³/mol. The second kappa shape index (κ2) is 6.95. The van der Waals surface area contributed by atoms with Crippen molar-refractivity contribution >= 4 is 17.5 Å². The maximum Gasteiger partial charge on any atom is 0.249 e. The molecule has 1 aromatic carbocycles. The number of ether oxygens (including phenoxy) is 2. The smallest absolute Gasteiger partial charge is 0.249 e. The van der Waals surface area contributed by atoms with Crippen molar-refractivity contribution in [3.63, 3.8) is 0 Å². The van der Waals surface area contributed by atoms with Crippen LogP contribution in [0, 0.1) is 6.92 Å². The Hall–Kier alpha value is -1.26. The van der Waals surface area contributed by atoms with Crippen LogP contribution in [-0.2, 0) is 16.0 Å². The third kappa shape index (κ3) is 3.64. The molecular weight excluding hydrogens is 278 g/mol. The van der Waals surface area contributed by atoms with E-state index in [-0.39, 0.29) is 12.0 Å². The van der Waals surface area contributed by atoms with Gasteiger partial charge in [0.25, 0.3) is 0 Å². The Morgan fingerprint density at radius 1 is 1.55 bits per heavy atom. The van der Waals surface area contributed by atoms with E-state index in [0.717, 1.165) is 29.7 Å². The van der Waals surface area contributed by atoms with Crippen LogP contribution in [0.3, 0.4) is 0 Å². The topological polar surface area (TPSA) is 47.6 Å². The molecule has 1 aliphatic heterocycles. The predicted octanol–water partition coefficient (Wildman–Crippen LogP) is 2.49. The maximum absolute atomic E-state index is 11.8. The summed E-state index contributed by atoms with van der Waals surface area (Å²) in [6, 6.07) is 3.75. The summed E-state index contributed by atoms with van der Waals surface area (Å²) in [5.74, 6) is 0.806. The van der Waals surface area contributed by atoms with Crippen LogP contribution in [0.25, 0.3) is 0 Å². The van der Waals surface area contributed by atoms with Gasteiger partial charge >= 0.3 is 0 Å². The normalized spacial score (nSPS) is 18.1. The van der Waals surface area contributed by atoms with Gasteiger partial charge in [0.1, 0.15) is 11.9 Å². The maximum atomic E-state index is 11.8. The summed E-state index contributed by atoms with van der Waals surface area (Å²) in [5, 5.41) is 3.58. The molecule has 0 aromatic heterocycles. The van der Waals surface area contributed by atoms with Crippen LogP contribution in [0.15, 0.2) is 12.1 Å². The Kier molecular flexibility index (Phi) is 5.26. The van der Waals surface area contributed by atoms with Gasteiger partial charge in [-0.1, -0.05) is 11.6 Å². The number of benzene rings is 1. The minimum Gasteiger partial charge on any atom is -0.496 e. The number of carbonyl (C=O) groups excluding carboxylic acids is 1. The summed E-state index contributed by atoms with van der Waals surface area (Å²) < 4.78 is 10.7. The fraction of sp³-hybridized carbons (Fsp3) is 0.533. The number of rotatable bonds is 5. The largest absolute Gasteiger partial charge is 0.496 e. The zero-order valence-electron chi connectivity index (χ0n) is 11.9. The zero-order valence-corrected chi connectivity index (χ0v) is 12.6. The Morgan fingerprint density at radius 3 is 3.00 bits per heavy atom. The molecule has 5 heteroatoms. The van der Waals surface area contributed by atoms with Crippen LogP contribution in [-0.4, -0.2) is 32.3 Å². The first kappa shape index (κ1) is 15.1. The average Bonchev–Trinajstić information content (AvgIpc) is 2.92. The summed E-state index contributed by atoms with van der Waals surface area (Å²) in [7, 11) is 1.64. The van der Waals surface area contributed by atoms with E-state index < -0.39 is 0 Å². The lowest BCUT2D eigenvalue weighted by atomic mass is 10.1. The van der Waals surface area contributed by atoms with Crippen LogP contribution in [0.5, 0.6) is 5.75 Å². The lowest BCUT2D eigenvalue weighted by Crippen LogP contribution is -2.35. The number of halogens is 1. The van der Waals surface area contributed by atoms with E-state index >= 15 is 0 Å². The third-order valence-electron chi connectivity index (χ3n) is 3.44. The molecule has 1 atom stereocenters. The molecule has 2 rings (SSSR count). The highest BCUT2D eigenvalue weighted by molar-refractivity contribution is 6.30. The van der Waals surface area contributed by atoms with Crippen LogP contribution < -0.4 is 10.1 Å². The van der Waals surface area contributed by atoms with Gasteiger partial charge in [-0.05, 0) is 49.4 Å². The average molecular weight is 298 g/mol. The first-order valence-corrected chi connectivity index (χ1v) is 7.22. The molecule has 0 radical (unpaired) electrons. The van der Waals surface area contributed by atoms with Crippen molar-refractivity contribution < 1.29 is 14.3 Å². The number of carbonyl (C=O) groups is 1. The van der Waals surface area contributed by atoms with Gasteiger partial charge in [0.2, 0.25) is 5.91 Å². The molecule has 1 amide bonds. The molecule has 4 nitrogen and oxygen atoms in total. The number of nitrogens with one attached hydrogen (secondary N) is 1. The number of aryl methyl sites for hydroxylation is 1. The van der Waals surface area contributed by atoms with Crippen molar-refractivity contribution in [2.75, 3.05) is 20.3 Å². The molecule has 1 aliphatic rings. The van der Waals surface area contributed by atoms with Gasteiger partial charge in [0, 0.05) is 18.2 Å². The number of hydrogen-bond donors (Lipinski definition) is 1. The molecule has 1 heterocycles. The molecule has 1 unspecified atom stereocenters. The van der Waals surface area contributed by atoms with Crippen molar-refractivity contribution in [2.45, 2.75) is 32.3 Å². The number of amides is 1. The minimum absolute atomic E-state index is 0.0276. The van der Waals surface area contributed by atoms with Crippen molar-refractivity contribution in [1.29, 1.82) is 0 Å². The van der Waals surface area contributed by atoms with Crippen molar-refractivity contribution in [3.8, 4) is 5.75 Å². The van der Waals surface area contributed by atoms with E-state index in [9.17, 15) is 4.79 Å². The molecule has 110 valence electrons. The van der Waals surface area contributed by atoms with E-state index in [4.69, 9.17) is 21.1 Å². The lowest BCUT2D eigenvalue weighted by molar-refractivity contribution is -0.129. The molecular formula is C15H20ClNO3. The number of hydrogen-bond acceptors (Lipinski definition) is 3. The Labute approximate surface area is 124 Å². The monoisotopic (exact) mass is 297 g/mol. The molecule has 0 bridgehead atoms. The quantitative estimate of drug-likeness (QED) is 0.908. The first-order chi connectivity index (χ1) is 9.61. The molecule has 1 saturated heterocycles. The minimum atomic E-state index is -0.280. The van der Waals surface area contributed by atoms with Crippen LogP contribution in [0.1, 0.15) is 24.0 Å². The van der Waals surface area contributed by atoms with Crippen LogP contribution in [0.4, 0.5) is 0 Å². The first-order valence-electron chi connectivity index (χ1n) is 6.84. The van der Waals surface area contributed by atoms with E-state index in [2.05, 4.69) is 5.32 Å². The highest BCUT2D eigenvalue weighted by Gasteiger charge is 2.23. The summed E-state index contributed by atoms with van der Waals surface area (Å²) in [6.45, 7) is 3.19. The second-order valence-electron chi connectivity index (χ2n) is 4.96. The van der Waals surface area contributed by atoms with Gasteiger partial charge in [0.05, 0.1) is 7.11 Å². The van der Waals surface area contributed by atoms with E-state index in [1.165, 1.54) is 0 Å². The molecule has 20 heavy (non-hydrogen) atoms. The highest BCUT2D eigenvalue weighted by atomic mass is 35.5. The standard InChI is InChI=1S/C15H20ClNO3/c1-10-8-12(16)9-11(14(10)19-2)5-6-17-15(18)13-4-3-7-20-13/h8-9,13H,3-7H2,1-2H3,(H,17,18). The Balaban J connectivity index is 1.92. The van der Waals surface area contributed by atoms with Crippen LogP contribution >= 0.6 is 11.6 Å². The molecule has 1 fully saturated rings. The molecule has 0 aliphatic carbocycles. The summed E-state index contributed by atoms with van der Waals surface area (Å²) >= 11 is 6.06. The lowest BCUT2D eigenvalue weighted by Gasteiger charge is -2.14. The summed E-state index contributed by atoms with van der Waals surface area (Å²) in [6.07, 6.45) is 2.17. The van der Waals surface area contributed by atoms with Gasteiger partial charge < -0.3 is 14.8 Å². The van der Waals surface area contributed by atoms with Gasteiger partial charge in [-0.15, -0.1) is 0 Å². The van der Waals surface area contributed by atoms with Gasteiger partial charge in [-0.2, -0.15) is 0 Å². The van der Waals surface area contributed by atoms with Crippen LogP contribution in [0.2, 0.25) is 5.02 Å². The van der Waals surface area contributed by atoms with E-state index in [1.54, 1.807) is 7.11 Å². The number of methoxy groups -OCH3 is 1. The zero-order chi connectivity index (χ0) is 14.5. The molecule has 1 aromatic rings. The fourth-order valence-electron chi connectivity index (χ4n) is 2.50. The SMILES string of the molecule is COc1c(C)cc(Cl)cc1CCNC(=O)C1CCCO1. The fourth-order valence-corrected chi connectivity index (χ4v) is 2.79. The van der Waals surface area contributed by atoms with Gasteiger partial charge in [-0.25, -0.2) is 0 Å². The second-order valence-corrected chi connectivity index (χ2v) is 5.39. The third-order valence-corrected chi connectivity index (χ3v) is 3.65. The molecule has 0 saturated carbocycles. The van der Waals surface area contributed by atoms with Crippen molar-refractivity contribution in [3.05, 3.63) is 28.3 Å². The summed E-state index contributed by atoms with van der Waals surface area (Å²) in [5.41, 5.74) is 2.01. The van der Waals surface area contributed by atoms with Crippen molar-refractivity contribution in [1.82, 2.24) is 5.32 Å².